The number of nitrogens with two attached hydrogens (primary N) is 1. The molecule has 43 heavy (non-hydrogen) atoms. The number of fused-ring (bicyclic) bond motifs is 1. The van der Waals surface area contributed by atoms with E-state index in [1.807, 2.05) is 38.1 Å². The van der Waals surface area contributed by atoms with Crippen molar-refractivity contribution < 1.29 is 37.0 Å². The number of carbonyl (C=O) groups is 1. The molecule has 1 amide bonds. The van der Waals surface area contributed by atoms with Gasteiger partial charge in [-0.15, -0.1) is 0 Å². The Morgan fingerprint density at radius 2 is 1.91 bits per heavy atom. The first kappa shape index (κ1) is 30.3. The number of ether oxygens (including phenoxy) is 2. The summed E-state index contributed by atoms with van der Waals surface area (Å²) in [5.74, 6) is 0.558. The van der Waals surface area contributed by atoms with E-state index in [1.54, 1.807) is 11.0 Å². The quantitative estimate of drug-likeness (QED) is 0.264. The fourth-order valence-electron chi connectivity index (χ4n) is 5.21. The highest BCUT2D eigenvalue weighted by atomic mass is 19.4. The predicted octanol–water partition coefficient (Wildman–Crippen LogP) is 5.37. The highest BCUT2D eigenvalue weighted by molar-refractivity contribution is 5.98. The maximum atomic E-state index is 13.8. The van der Waals surface area contributed by atoms with Crippen molar-refractivity contribution in [3.8, 4) is 23.0 Å². The van der Waals surface area contributed by atoms with E-state index in [4.69, 9.17) is 19.6 Å². The van der Waals surface area contributed by atoms with Gasteiger partial charge < -0.3 is 29.6 Å². The maximum Gasteiger partial charge on any atom is 0.433 e. The zero-order valence-electron chi connectivity index (χ0n) is 24.0. The Hall–Kier alpha value is -4.16. The van der Waals surface area contributed by atoms with Crippen LogP contribution in [0.25, 0.3) is 22.4 Å². The number of oxazole rings is 1. The van der Waals surface area contributed by atoms with Crippen molar-refractivity contribution >= 4 is 16.8 Å². The van der Waals surface area contributed by atoms with Gasteiger partial charge in [0, 0.05) is 17.5 Å². The summed E-state index contributed by atoms with van der Waals surface area (Å²) >= 11 is 0. The van der Waals surface area contributed by atoms with Gasteiger partial charge in [-0.25, -0.2) is 9.97 Å². The molecule has 0 bridgehead atoms. The van der Waals surface area contributed by atoms with Crippen molar-refractivity contribution in [2.75, 3.05) is 13.7 Å². The van der Waals surface area contributed by atoms with E-state index < -0.39 is 29.9 Å². The summed E-state index contributed by atoms with van der Waals surface area (Å²) in [6.07, 6.45) is -3.62. The molecule has 1 aliphatic heterocycles. The topological polar surface area (TPSA) is 124 Å². The molecule has 3 atom stereocenters. The minimum atomic E-state index is -4.65. The first-order valence-corrected chi connectivity index (χ1v) is 14.0. The number of likely N-dealkylation sites (tertiary alicyclic amines) is 1. The van der Waals surface area contributed by atoms with Crippen molar-refractivity contribution in [1.82, 2.24) is 14.9 Å². The molecule has 3 N–H and O–H groups in total. The van der Waals surface area contributed by atoms with Crippen LogP contribution in [0.4, 0.5) is 13.2 Å². The van der Waals surface area contributed by atoms with E-state index in [-0.39, 0.29) is 41.3 Å². The SMILES string of the molecule is CCC(C)Oc1ccc(C[C@@H]2[C@H](O)CCN2C(=O)c2nc(-c3ccc(OC)c4nc(C(F)(F)F)ccc34)oc2CN)cc1. The molecule has 4 aromatic rings. The summed E-state index contributed by atoms with van der Waals surface area (Å²) in [5, 5.41) is 11.1. The average molecular weight is 599 g/mol. The van der Waals surface area contributed by atoms with Crippen LogP contribution in [0.1, 0.15) is 54.2 Å². The molecule has 0 radical (unpaired) electrons. The molecule has 1 aliphatic rings. The van der Waals surface area contributed by atoms with Gasteiger partial charge in [0.1, 0.15) is 22.7 Å². The lowest BCUT2D eigenvalue weighted by Crippen LogP contribution is -2.41. The number of aliphatic hydroxyl groups excluding tert-OH is 1. The molecule has 2 aromatic carbocycles. The molecule has 2 aromatic heterocycles. The maximum absolute atomic E-state index is 13.8. The number of hydrogen-bond donors (Lipinski definition) is 2. The third kappa shape index (κ3) is 6.16. The molecular formula is C31H33F3N4O5. The number of halogens is 3. The lowest BCUT2D eigenvalue weighted by atomic mass is 10.0. The van der Waals surface area contributed by atoms with Gasteiger partial charge in [-0.2, -0.15) is 13.2 Å². The van der Waals surface area contributed by atoms with Gasteiger partial charge in [-0.05, 0) is 68.1 Å². The van der Waals surface area contributed by atoms with Crippen molar-refractivity contribution in [2.45, 2.75) is 64.1 Å². The van der Waals surface area contributed by atoms with Gasteiger partial charge in [0.2, 0.25) is 5.89 Å². The zero-order valence-corrected chi connectivity index (χ0v) is 24.0. The Labute approximate surface area is 246 Å². The second kappa shape index (κ2) is 12.2. The van der Waals surface area contributed by atoms with Crippen LogP contribution in [0.3, 0.4) is 0 Å². The third-order valence-corrected chi connectivity index (χ3v) is 7.70. The Bertz CT molecular complexity index is 1610. The van der Waals surface area contributed by atoms with E-state index in [0.29, 0.717) is 30.3 Å². The predicted molar refractivity (Wildman–Crippen MR) is 153 cm³/mol. The van der Waals surface area contributed by atoms with E-state index in [2.05, 4.69) is 9.97 Å². The highest BCUT2D eigenvalue weighted by Crippen LogP contribution is 2.37. The number of benzene rings is 2. The highest BCUT2D eigenvalue weighted by Gasteiger charge is 2.39. The Balaban J connectivity index is 1.44. The minimum Gasteiger partial charge on any atom is -0.494 e. The van der Waals surface area contributed by atoms with Crippen molar-refractivity contribution in [3.05, 3.63) is 71.2 Å². The molecule has 0 spiro atoms. The number of rotatable bonds is 9. The summed E-state index contributed by atoms with van der Waals surface area (Å²) in [7, 11) is 1.33. The molecular weight excluding hydrogens is 565 g/mol. The van der Waals surface area contributed by atoms with Crippen LogP contribution in [0, 0.1) is 0 Å². The smallest absolute Gasteiger partial charge is 0.433 e. The first-order valence-electron chi connectivity index (χ1n) is 14.0. The molecule has 1 unspecified atom stereocenters. The van der Waals surface area contributed by atoms with Crippen LogP contribution < -0.4 is 15.2 Å². The fourth-order valence-corrected chi connectivity index (χ4v) is 5.21. The van der Waals surface area contributed by atoms with Gasteiger partial charge in [0.05, 0.1) is 31.9 Å². The number of aliphatic hydroxyl groups is 1. The molecule has 228 valence electrons. The molecule has 0 aliphatic carbocycles. The van der Waals surface area contributed by atoms with Crippen LogP contribution in [0.5, 0.6) is 11.5 Å². The number of nitrogens with zero attached hydrogens (tertiary/aromatic N) is 3. The fraction of sp³-hybridized carbons (Fsp3) is 0.387. The normalized spacial score (nSPS) is 17.8. The Morgan fingerprint density at radius 1 is 1.16 bits per heavy atom. The second-order valence-corrected chi connectivity index (χ2v) is 10.5. The lowest BCUT2D eigenvalue weighted by molar-refractivity contribution is -0.140. The molecule has 0 saturated carbocycles. The molecule has 12 heteroatoms. The number of hydrogen-bond acceptors (Lipinski definition) is 8. The van der Waals surface area contributed by atoms with E-state index >= 15 is 0 Å². The zero-order chi connectivity index (χ0) is 30.9. The second-order valence-electron chi connectivity index (χ2n) is 10.5. The molecule has 1 saturated heterocycles. The summed E-state index contributed by atoms with van der Waals surface area (Å²) in [6, 6.07) is 12.2. The van der Waals surface area contributed by atoms with Crippen LogP contribution in [-0.4, -0.2) is 57.8 Å². The van der Waals surface area contributed by atoms with Crippen LogP contribution in [0.2, 0.25) is 0 Å². The van der Waals surface area contributed by atoms with Gasteiger partial charge in [-0.1, -0.05) is 19.1 Å². The Morgan fingerprint density at radius 3 is 2.56 bits per heavy atom. The number of amides is 1. The standard InChI is InChI=1S/C31H33F3N4O5/c1-4-17(2)42-19-7-5-18(6-8-19)15-22-23(39)13-14-38(22)30(40)28-25(16-35)43-29(37-28)21-9-11-24(41-3)27-20(21)10-12-26(36-27)31(32,33)34/h5-12,17,22-23,39H,4,13-16,35H2,1-3H3/t17?,22-,23-/m1/s1. The van der Waals surface area contributed by atoms with Gasteiger partial charge >= 0.3 is 6.18 Å². The number of pyridine rings is 1. The van der Waals surface area contributed by atoms with E-state index in [1.165, 1.54) is 19.2 Å². The lowest BCUT2D eigenvalue weighted by Gasteiger charge is -2.26. The van der Waals surface area contributed by atoms with Crippen molar-refractivity contribution in [3.63, 3.8) is 0 Å². The Kier molecular flexibility index (Phi) is 8.61. The largest absolute Gasteiger partial charge is 0.494 e. The van der Waals surface area contributed by atoms with Gasteiger partial charge in [0.25, 0.3) is 5.91 Å². The van der Waals surface area contributed by atoms with Crippen LogP contribution in [0.15, 0.2) is 52.9 Å². The molecule has 9 nitrogen and oxygen atoms in total. The van der Waals surface area contributed by atoms with Crippen molar-refractivity contribution in [2.24, 2.45) is 5.73 Å². The number of alkyl halides is 3. The minimum absolute atomic E-state index is 0.00574. The monoisotopic (exact) mass is 598 g/mol. The van der Waals surface area contributed by atoms with Crippen LogP contribution in [-0.2, 0) is 19.1 Å². The summed E-state index contributed by atoms with van der Waals surface area (Å²) in [5.41, 5.74) is 6.06. The summed E-state index contributed by atoms with van der Waals surface area (Å²) in [4.78, 5) is 23.6. The van der Waals surface area contributed by atoms with Crippen LogP contribution >= 0.6 is 0 Å². The van der Waals surface area contributed by atoms with E-state index in [9.17, 15) is 23.1 Å². The number of methoxy groups -OCH3 is 1. The molecule has 1 fully saturated rings. The van der Waals surface area contributed by atoms with Gasteiger partial charge in [-0.3, -0.25) is 4.79 Å². The number of carbonyl (C=O) groups excluding carboxylic acids is 1. The first-order chi connectivity index (χ1) is 20.5. The molecule has 3 heterocycles. The number of aromatic nitrogens is 2. The molecule has 5 rings (SSSR count). The average Bonchev–Trinajstić information content (AvgIpc) is 3.59. The summed E-state index contributed by atoms with van der Waals surface area (Å²) < 4.78 is 57.1. The summed E-state index contributed by atoms with van der Waals surface area (Å²) in [6.45, 7) is 4.21. The van der Waals surface area contributed by atoms with Crippen molar-refractivity contribution in [1.29, 1.82) is 0 Å². The third-order valence-electron chi connectivity index (χ3n) is 7.70. The van der Waals surface area contributed by atoms with E-state index in [0.717, 1.165) is 23.8 Å². The van der Waals surface area contributed by atoms with Gasteiger partial charge in [0.15, 0.2) is 11.5 Å².